The highest BCUT2D eigenvalue weighted by molar-refractivity contribution is 5.75. The van der Waals surface area contributed by atoms with Crippen molar-refractivity contribution >= 4 is 5.97 Å². The summed E-state index contributed by atoms with van der Waals surface area (Å²) in [4.78, 5) is 11.4. The molecule has 1 heterocycles. The highest BCUT2D eigenvalue weighted by Crippen LogP contribution is 2.06. The van der Waals surface area contributed by atoms with Crippen LogP contribution in [0.1, 0.15) is 13.3 Å². The predicted octanol–water partition coefficient (Wildman–Crippen LogP) is -0.0570. The van der Waals surface area contributed by atoms with E-state index in [0.29, 0.717) is 32.8 Å². The molecule has 0 aromatic rings. The van der Waals surface area contributed by atoms with Gasteiger partial charge in [0.15, 0.2) is 0 Å². The number of carbonyl (C=O) groups is 1. The van der Waals surface area contributed by atoms with E-state index >= 15 is 0 Å². The minimum Gasteiger partial charge on any atom is -0.465 e. The minimum atomic E-state index is -0.272. The molecule has 0 bridgehead atoms. The third-order valence-corrected chi connectivity index (χ3v) is 2.29. The van der Waals surface area contributed by atoms with Crippen molar-refractivity contribution in [2.24, 2.45) is 0 Å². The standard InChI is InChI=1S/C10H19NO4/c1-3-14-10(12)9(11-2)4-5-15-8-6-13-7-8/h8-9,11H,3-7H2,1-2H3. The first-order valence-corrected chi connectivity index (χ1v) is 5.31. The van der Waals surface area contributed by atoms with Gasteiger partial charge in [-0.2, -0.15) is 0 Å². The molecule has 0 saturated carbocycles. The number of esters is 1. The molecule has 0 aliphatic carbocycles. The molecule has 0 aromatic carbocycles. The molecule has 1 rings (SSSR count). The highest BCUT2D eigenvalue weighted by atomic mass is 16.6. The van der Waals surface area contributed by atoms with E-state index in [2.05, 4.69) is 5.32 Å². The summed E-state index contributed by atoms with van der Waals surface area (Å²) < 4.78 is 15.3. The number of carbonyl (C=O) groups excluding carboxylic acids is 1. The molecule has 1 unspecified atom stereocenters. The van der Waals surface area contributed by atoms with Crippen LogP contribution < -0.4 is 5.32 Å². The summed E-state index contributed by atoms with van der Waals surface area (Å²) in [6.45, 7) is 4.10. The van der Waals surface area contributed by atoms with Crippen LogP contribution in [0, 0.1) is 0 Å². The van der Waals surface area contributed by atoms with E-state index in [4.69, 9.17) is 14.2 Å². The molecule has 1 aliphatic rings. The number of nitrogens with one attached hydrogen (secondary N) is 1. The monoisotopic (exact) mass is 217 g/mol. The van der Waals surface area contributed by atoms with Crippen LogP contribution in [-0.4, -0.2) is 51.6 Å². The summed E-state index contributed by atoms with van der Waals surface area (Å²) in [6.07, 6.45) is 0.843. The fraction of sp³-hybridized carbons (Fsp3) is 0.900. The van der Waals surface area contributed by atoms with Crippen molar-refractivity contribution in [2.75, 3.05) is 33.5 Å². The topological polar surface area (TPSA) is 56.8 Å². The van der Waals surface area contributed by atoms with Gasteiger partial charge in [0.05, 0.1) is 19.8 Å². The average molecular weight is 217 g/mol. The molecule has 1 fully saturated rings. The van der Waals surface area contributed by atoms with Crippen molar-refractivity contribution < 1.29 is 19.0 Å². The van der Waals surface area contributed by atoms with Gasteiger partial charge in [0.1, 0.15) is 12.1 Å². The zero-order valence-electron chi connectivity index (χ0n) is 9.32. The van der Waals surface area contributed by atoms with Gasteiger partial charge in [-0.25, -0.2) is 0 Å². The third kappa shape index (κ3) is 4.15. The van der Waals surface area contributed by atoms with Gasteiger partial charge in [0, 0.05) is 6.61 Å². The van der Waals surface area contributed by atoms with Crippen LogP contribution in [0.5, 0.6) is 0 Å². The number of hydrogen-bond acceptors (Lipinski definition) is 5. The lowest BCUT2D eigenvalue weighted by Gasteiger charge is -2.26. The molecule has 1 N–H and O–H groups in total. The molecule has 0 amide bonds. The first kappa shape index (κ1) is 12.4. The van der Waals surface area contributed by atoms with Crippen molar-refractivity contribution in [2.45, 2.75) is 25.5 Å². The van der Waals surface area contributed by atoms with E-state index in [1.54, 1.807) is 14.0 Å². The van der Waals surface area contributed by atoms with Gasteiger partial charge in [-0.15, -0.1) is 0 Å². The summed E-state index contributed by atoms with van der Waals surface area (Å²) in [5.74, 6) is -0.214. The van der Waals surface area contributed by atoms with Crippen LogP contribution in [0.4, 0.5) is 0 Å². The lowest BCUT2D eigenvalue weighted by Crippen LogP contribution is -2.39. The van der Waals surface area contributed by atoms with Crippen molar-refractivity contribution in [1.29, 1.82) is 0 Å². The zero-order valence-corrected chi connectivity index (χ0v) is 9.32. The van der Waals surface area contributed by atoms with Gasteiger partial charge in [0.25, 0.3) is 0 Å². The Kier molecular flexibility index (Phi) is 5.60. The second-order valence-electron chi connectivity index (χ2n) is 3.41. The first-order valence-electron chi connectivity index (χ1n) is 5.31. The maximum atomic E-state index is 11.4. The smallest absolute Gasteiger partial charge is 0.323 e. The molecule has 1 aliphatic heterocycles. The van der Waals surface area contributed by atoms with Gasteiger partial charge in [-0.05, 0) is 20.4 Å². The summed E-state index contributed by atoms with van der Waals surface area (Å²) >= 11 is 0. The largest absolute Gasteiger partial charge is 0.465 e. The fourth-order valence-electron chi connectivity index (χ4n) is 1.29. The van der Waals surface area contributed by atoms with Crippen molar-refractivity contribution in [3.05, 3.63) is 0 Å². The number of rotatable bonds is 7. The van der Waals surface area contributed by atoms with E-state index in [9.17, 15) is 4.79 Å². The summed E-state index contributed by atoms with van der Waals surface area (Å²) in [6, 6.07) is -0.272. The molecule has 0 radical (unpaired) electrons. The number of ether oxygens (including phenoxy) is 3. The summed E-state index contributed by atoms with van der Waals surface area (Å²) in [5.41, 5.74) is 0. The van der Waals surface area contributed by atoms with Crippen LogP contribution in [0.2, 0.25) is 0 Å². The second kappa shape index (κ2) is 6.76. The Morgan fingerprint density at radius 3 is 2.80 bits per heavy atom. The first-order chi connectivity index (χ1) is 7.27. The van der Waals surface area contributed by atoms with Gasteiger partial charge in [0.2, 0.25) is 0 Å². The van der Waals surface area contributed by atoms with Crippen molar-refractivity contribution in [1.82, 2.24) is 5.32 Å². The highest BCUT2D eigenvalue weighted by Gasteiger charge is 2.21. The summed E-state index contributed by atoms with van der Waals surface area (Å²) in [7, 11) is 1.74. The molecule has 5 heteroatoms. The van der Waals surface area contributed by atoms with Gasteiger partial charge >= 0.3 is 5.97 Å². The van der Waals surface area contributed by atoms with Crippen molar-refractivity contribution in [3.8, 4) is 0 Å². The van der Waals surface area contributed by atoms with Crippen LogP contribution >= 0.6 is 0 Å². The van der Waals surface area contributed by atoms with E-state index < -0.39 is 0 Å². The number of hydrogen-bond donors (Lipinski definition) is 1. The SMILES string of the molecule is CCOC(=O)C(CCOC1COC1)NC. The van der Waals surface area contributed by atoms with E-state index in [1.165, 1.54) is 0 Å². The van der Waals surface area contributed by atoms with E-state index in [0.717, 1.165) is 0 Å². The van der Waals surface area contributed by atoms with Crippen LogP contribution in [0.15, 0.2) is 0 Å². The fourth-order valence-corrected chi connectivity index (χ4v) is 1.29. The second-order valence-corrected chi connectivity index (χ2v) is 3.41. The maximum absolute atomic E-state index is 11.4. The van der Waals surface area contributed by atoms with E-state index in [1.807, 2.05) is 0 Å². The molecule has 88 valence electrons. The Morgan fingerprint density at radius 2 is 2.33 bits per heavy atom. The third-order valence-electron chi connectivity index (χ3n) is 2.29. The molecule has 0 spiro atoms. The normalized spacial score (nSPS) is 18.3. The average Bonchev–Trinajstić information content (AvgIpc) is 2.15. The van der Waals surface area contributed by atoms with E-state index in [-0.39, 0.29) is 18.1 Å². The Morgan fingerprint density at radius 1 is 1.60 bits per heavy atom. The minimum absolute atomic E-state index is 0.213. The quantitative estimate of drug-likeness (QED) is 0.606. The predicted molar refractivity (Wildman–Crippen MR) is 54.7 cm³/mol. The van der Waals surface area contributed by atoms with Gasteiger partial charge in [-0.3, -0.25) is 4.79 Å². The zero-order chi connectivity index (χ0) is 11.1. The molecule has 15 heavy (non-hydrogen) atoms. The Balaban J connectivity index is 2.11. The molecular weight excluding hydrogens is 198 g/mol. The lowest BCUT2D eigenvalue weighted by molar-refractivity contribution is -0.148. The molecule has 1 atom stereocenters. The molecule has 1 saturated heterocycles. The molecule has 0 aromatic heterocycles. The van der Waals surface area contributed by atoms with Crippen LogP contribution in [0.25, 0.3) is 0 Å². The van der Waals surface area contributed by atoms with Crippen LogP contribution in [-0.2, 0) is 19.0 Å². The van der Waals surface area contributed by atoms with Crippen LogP contribution in [0.3, 0.4) is 0 Å². The van der Waals surface area contributed by atoms with Gasteiger partial charge in [-0.1, -0.05) is 0 Å². The maximum Gasteiger partial charge on any atom is 0.323 e. The molecule has 5 nitrogen and oxygen atoms in total. The Labute approximate surface area is 90.1 Å². The lowest BCUT2D eigenvalue weighted by atomic mass is 10.2. The Bertz CT molecular complexity index is 194. The Hall–Kier alpha value is -0.650. The number of likely N-dealkylation sites (N-methyl/N-ethyl adjacent to an activating group) is 1. The molecular formula is C10H19NO4. The summed E-state index contributed by atoms with van der Waals surface area (Å²) in [5, 5.41) is 2.91. The van der Waals surface area contributed by atoms with Gasteiger partial charge < -0.3 is 19.5 Å². The van der Waals surface area contributed by atoms with Crippen molar-refractivity contribution in [3.63, 3.8) is 0 Å².